The van der Waals surface area contributed by atoms with Gasteiger partial charge in [-0.3, -0.25) is 0 Å². The van der Waals surface area contributed by atoms with Gasteiger partial charge in [0.15, 0.2) is 9.84 Å². The quantitative estimate of drug-likeness (QED) is 0.621. The Labute approximate surface area is 68.1 Å². The number of hydrogen-bond acceptors (Lipinski definition) is 3. The first-order valence-corrected chi connectivity index (χ1v) is 5.72. The number of nitrogens with one attached hydrogen (secondary N) is 1. The van der Waals surface area contributed by atoms with E-state index in [9.17, 15) is 8.42 Å². The van der Waals surface area contributed by atoms with Crippen molar-refractivity contribution in [2.45, 2.75) is 31.6 Å². The Morgan fingerprint density at radius 2 is 2.18 bits per heavy atom. The second-order valence-corrected chi connectivity index (χ2v) is 5.62. The molecular formula is C7H15NO2S. The lowest BCUT2D eigenvalue weighted by atomic mass is 10.2. The molecule has 1 aliphatic heterocycles. The molecule has 11 heavy (non-hydrogen) atoms. The van der Waals surface area contributed by atoms with Gasteiger partial charge >= 0.3 is 0 Å². The molecule has 0 spiro atoms. The number of hydrogen-bond donors (Lipinski definition) is 1. The molecule has 1 aliphatic rings. The van der Waals surface area contributed by atoms with Crippen molar-refractivity contribution in [3.8, 4) is 0 Å². The van der Waals surface area contributed by atoms with E-state index in [2.05, 4.69) is 5.32 Å². The van der Waals surface area contributed by atoms with Crippen molar-refractivity contribution in [1.82, 2.24) is 5.32 Å². The van der Waals surface area contributed by atoms with E-state index in [-0.39, 0.29) is 11.3 Å². The Kier molecular flexibility index (Phi) is 2.54. The fourth-order valence-electron chi connectivity index (χ4n) is 1.23. The van der Waals surface area contributed by atoms with Gasteiger partial charge in [-0.15, -0.1) is 0 Å². The molecule has 2 unspecified atom stereocenters. The molecule has 1 rings (SSSR count). The average molecular weight is 177 g/mol. The summed E-state index contributed by atoms with van der Waals surface area (Å²) in [6, 6.07) is 0.177. The van der Waals surface area contributed by atoms with Crippen LogP contribution in [0.5, 0.6) is 0 Å². The molecular weight excluding hydrogens is 162 g/mol. The number of sulfone groups is 1. The fourth-order valence-corrected chi connectivity index (χ4v) is 2.82. The summed E-state index contributed by atoms with van der Waals surface area (Å²) in [4.78, 5) is 0. The van der Waals surface area contributed by atoms with Gasteiger partial charge in [0.1, 0.15) is 0 Å². The molecule has 1 saturated heterocycles. The normalized spacial score (nSPS) is 36.9. The molecule has 1 heterocycles. The first kappa shape index (κ1) is 9.00. The predicted octanol–water partition coefficient (Wildman–Crippen LogP) is 0.172. The van der Waals surface area contributed by atoms with Crippen molar-refractivity contribution in [2.75, 3.05) is 12.3 Å². The molecule has 0 aromatic carbocycles. The summed E-state index contributed by atoms with van der Waals surface area (Å²) in [5.74, 6) is 0.310. The first-order chi connectivity index (χ1) is 5.06. The maximum absolute atomic E-state index is 11.3. The van der Waals surface area contributed by atoms with E-state index in [0.717, 1.165) is 6.42 Å². The molecule has 0 aromatic rings. The monoisotopic (exact) mass is 177 g/mol. The van der Waals surface area contributed by atoms with E-state index in [0.29, 0.717) is 12.3 Å². The lowest BCUT2D eigenvalue weighted by Gasteiger charge is -2.26. The summed E-state index contributed by atoms with van der Waals surface area (Å²) in [5, 5.41) is 2.99. The highest BCUT2D eigenvalue weighted by molar-refractivity contribution is 7.92. The summed E-state index contributed by atoms with van der Waals surface area (Å²) in [6.45, 7) is 4.37. The first-order valence-electron chi connectivity index (χ1n) is 4.01. The lowest BCUT2D eigenvalue weighted by Crippen LogP contribution is -2.49. The zero-order valence-corrected chi connectivity index (χ0v) is 7.82. The standard InChI is InChI=1S/C7H15NO2S/c1-3-7-5-11(9,10)6(2)4-8-7/h6-8H,3-5H2,1-2H3. The Morgan fingerprint density at radius 3 is 2.64 bits per heavy atom. The second-order valence-electron chi connectivity index (χ2n) is 3.15. The molecule has 1 N–H and O–H groups in total. The Balaban J connectivity index is 2.67. The lowest BCUT2D eigenvalue weighted by molar-refractivity contribution is 0.482. The molecule has 4 heteroatoms. The van der Waals surface area contributed by atoms with Gasteiger partial charge in [0, 0.05) is 12.6 Å². The molecule has 0 bridgehead atoms. The molecule has 2 atom stereocenters. The maximum Gasteiger partial charge on any atom is 0.155 e. The molecule has 1 fully saturated rings. The van der Waals surface area contributed by atoms with E-state index >= 15 is 0 Å². The Morgan fingerprint density at radius 1 is 1.55 bits per heavy atom. The van der Waals surface area contributed by atoms with Crippen LogP contribution in [0.2, 0.25) is 0 Å². The van der Waals surface area contributed by atoms with Crippen LogP contribution in [0.25, 0.3) is 0 Å². The topological polar surface area (TPSA) is 46.2 Å². The Bertz CT molecular complexity index is 223. The van der Waals surface area contributed by atoms with Crippen LogP contribution < -0.4 is 5.32 Å². The average Bonchev–Trinajstić information content (AvgIpc) is 1.95. The molecule has 0 aromatic heterocycles. The van der Waals surface area contributed by atoms with Crippen LogP contribution in [-0.2, 0) is 9.84 Å². The van der Waals surface area contributed by atoms with Gasteiger partial charge < -0.3 is 5.32 Å². The highest BCUT2D eigenvalue weighted by atomic mass is 32.2. The highest BCUT2D eigenvalue weighted by Gasteiger charge is 2.29. The third kappa shape index (κ3) is 1.93. The zero-order chi connectivity index (χ0) is 8.48. The van der Waals surface area contributed by atoms with E-state index in [1.807, 2.05) is 6.92 Å². The van der Waals surface area contributed by atoms with E-state index < -0.39 is 9.84 Å². The zero-order valence-electron chi connectivity index (χ0n) is 7.00. The van der Waals surface area contributed by atoms with E-state index in [1.165, 1.54) is 0 Å². The van der Waals surface area contributed by atoms with Crippen molar-refractivity contribution in [3.63, 3.8) is 0 Å². The van der Waals surface area contributed by atoms with Crippen molar-refractivity contribution in [2.24, 2.45) is 0 Å². The van der Waals surface area contributed by atoms with Crippen molar-refractivity contribution < 1.29 is 8.42 Å². The minimum absolute atomic E-state index is 0.177. The summed E-state index contributed by atoms with van der Waals surface area (Å²) < 4.78 is 22.6. The van der Waals surface area contributed by atoms with Crippen LogP contribution in [0.4, 0.5) is 0 Å². The second kappa shape index (κ2) is 3.11. The SMILES string of the molecule is CCC1CS(=O)(=O)C(C)CN1. The van der Waals surface area contributed by atoms with Gasteiger partial charge in [0.2, 0.25) is 0 Å². The summed E-state index contributed by atoms with van der Waals surface area (Å²) in [6.07, 6.45) is 0.895. The van der Waals surface area contributed by atoms with Crippen molar-refractivity contribution in [1.29, 1.82) is 0 Å². The van der Waals surface area contributed by atoms with Crippen molar-refractivity contribution in [3.05, 3.63) is 0 Å². The van der Waals surface area contributed by atoms with Gasteiger partial charge in [-0.05, 0) is 13.3 Å². The van der Waals surface area contributed by atoms with Crippen LogP contribution in [0.3, 0.4) is 0 Å². The molecule has 0 saturated carbocycles. The maximum atomic E-state index is 11.3. The molecule has 66 valence electrons. The van der Waals surface area contributed by atoms with Crippen LogP contribution in [0.15, 0.2) is 0 Å². The van der Waals surface area contributed by atoms with Crippen LogP contribution in [0.1, 0.15) is 20.3 Å². The molecule has 0 radical (unpaired) electrons. The van der Waals surface area contributed by atoms with Gasteiger partial charge in [0.25, 0.3) is 0 Å². The van der Waals surface area contributed by atoms with E-state index in [1.54, 1.807) is 6.92 Å². The number of rotatable bonds is 1. The summed E-state index contributed by atoms with van der Waals surface area (Å²) >= 11 is 0. The van der Waals surface area contributed by atoms with Gasteiger partial charge in [-0.25, -0.2) is 8.42 Å². The molecule has 0 amide bonds. The largest absolute Gasteiger partial charge is 0.312 e. The molecule has 0 aliphatic carbocycles. The van der Waals surface area contributed by atoms with Gasteiger partial charge in [0.05, 0.1) is 11.0 Å². The van der Waals surface area contributed by atoms with Crippen LogP contribution in [-0.4, -0.2) is 32.0 Å². The third-order valence-corrected chi connectivity index (χ3v) is 4.49. The highest BCUT2D eigenvalue weighted by Crippen LogP contribution is 2.10. The summed E-state index contributed by atoms with van der Waals surface area (Å²) in [5.41, 5.74) is 0. The molecule has 3 nitrogen and oxygen atoms in total. The smallest absolute Gasteiger partial charge is 0.155 e. The van der Waals surface area contributed by atoms with Crippen molar-refractivity contribution >= 4 is 9.84 Å². The van der Waals surface area contributed by atoms with Crippen LogP contribution >= 0.6 is 0 Å². The third-order valence-electron chi connectivity index (χ3n) is 2.23. The summed E-state index contributed by atoms with van der Waals surface area (Å²) in [7, 11) is -2.79. The minimum atomic E-state index is -2.79. The van der Waals surface area contributed by atoms with Gasteiger partial charge in [-0.2, -0.15) is 0 Å². The van der Waals surface area contributed by atoms with E-state index in [4.69, 9.17) is 0 Å². The minimum Gasteiger partial charge on any atom is -0.312 e. The van der Waals surface area contributed by atoms with Gasteiger partial charge in [-0.1, -0.05) is 6.92 Å². The Hall–Kier alpha value is -0.0900. The predicted molar refractivity (Wildman–Crippen MR) is 45.3 cm³/mol. The van der Waals surface area contributed by atoms with Crippen LogP contribution in [0, 0.1) is 0 Å². The fraction of sp³-hybridized carbons (Fsp3) is 1.00.